The molecule has 1 aromatic carbocycles. The van der Waals surface area contributed by atoms with E-state index < -0.39 is 0 Å². The number of unbranched alkanes of at least 4 members (excludes halogenated alkanes) is 2. The Balaban J connectivity index is 2.07. The maximum Gasteiger partial charge on any atom is 0.266 e. The Kier molecular flexibility index (Phi) is 5.16. The third kappa shape index (κ3) is 3.67. The van der Waals surface area contributed by atoms with Gasteiger partial charge in [-0.2, -0.15) is 0 Å². The Morgan fingerprint density at radius 3 is 2.68 bits per heavy atom. The van der Waals surface area contributed by atoms with Crippen LogP contribution in [0.1, 0.15) is 31.7 Å². The number of thioether (sulfide) groups is 1. The summed E-state index contributed by atoms with van der Waals surface area (Å²) in [5.74, 6) is 0.0509. The Hall–Kier alpha value is -1.13. The zero-order valence-corrected chi connectivity index (χ0v) is 12.6. The lowest BCUT2D eigenvalue weighted by atomic mass is 10.2. The molecule has 1 aliphatic rings. The van der Waals surface area contributed by atoms with Crippen LogP contribution in [0.15, 0.2) is 35.2 Å². The van der Waals surface area contributed by atoms with Gasteiger partial charge in [-0.05, 0) is 18.1 Å². The van der Waals surface area contributed by atoms with Gasteiger partial charge in [0.1, 0.15) is 4.32 Å². The number of carbonyl (C=O) groups excluding carboxylic acids is 1. The van der Waals surface area contributed by atoms with Gasteiger partial charge in [0.25, 0.3) is 5.91 Å². The van der Waals surface area contributed by atoms with Gasteiger partial charge in [-0.3, -0.25) is 9.69 Å². The minimum atomic E-state index is 0.0509. The fourth-order valence-electron chi connectivity index (χ4n) is 1.91. The van der Waals surface area contributed by atoms with Crippen molar-refractivity contribution in [1.82, 2.24) is 4.90 Å². The molecule has 1 heterocycles. The topological polar surface area (TPSA) is 20.3 Å². The quantitative estimate of drug-likeness (QED) is 0.463. The molecule has 2 rings (SSSR count). The van der Waals surface area contributed by atoms with Crippen LogP contribution in [0.5, 0.6) is 0 Å². The third-order valence-electron chi connectivity index (χ3n) is 2.96. The van der Waals surface area contributed by atoms with Gasteiger partial charge in [-0.25, -0.2) is 0 Å². The van der Waals surface area contributed by atoms with E-state index in [1.165, 1.54) is 11.8 Å². The Bertz CT molecular complexity index is 496. The lowest BCUT2D eigenvalue weighted by molar-refractivity contribution is -0.122. The number of rotatable bonds is 5. The van der Waals surface area contributed by atoms with Gasteiger partial charge >= 0.3 is 0 Å². The fraction of sp³-hybridized carbons (Fsp3) is 0.333. The van der Waals surface area contributed by atoms with Gasteiger partial charge in [0.2, 0.25) is 0 Å². The van der Waals surface area contributed by atoms with Gasteiger partial charge in [-0.15, -0.1) is 0 Å². The van der Waals surface area contributed by atoms with E-state index in [0.29, 0.717) is 4.32 Å². The highest BCUT2D eigenvalue weighted by atomic mass is 32.2. The minimum Gasteiger partial charge on any atom is -0.293 e. The second-order valence-electron chi connectivity index (χ2n) is 4.45. The average Bonchev–Trinajstić information content (AvgIpc) is 2.68. The molecule has 19 heavy (non-hydrogen) atoms. The summed E-state index contributed by atoms with van der Waals surface area (Å²) in [5, 5.41) is 0. The van der Waals surface area contributed by atoms with Gasteiger partial charge in [-0.1, -0.05) is 74.1 Å². The normalized spacial score (nSPS) is 17.5. The maximum atomic E-state index is 12.3. The first-order valence-electron chi connectivity index (χ1n) is 6.53. The molecule has 100 valence electrons. The van der Waals surface area contributed by atoms with Crippen molar-refractivity contribution in [1.29, 1.82) is 0 Å². The summed E-state index contributed by atoms with van der Waals surface area (Å²) in [4.78, 5) is 14.7. The van der Waals surface area contributed by atoms with E-state index in [0.717, 1.165) is 36.3 Å². The molecule has 1 saturated heterocycles. The van der Waals surface area contributed by atoms with Crippen molar-refractivity contribution < 1.29 is 4.79 Å². The Morgan fingerprint density at radius 2 is 2.00 bits per heavy atom. The minimum absolute atomic E-state index is 0.0509. The first-order chi connectivity index (χ1) is 9.22. The number of thiocarbonyl (C=S) groups is 1. The van der Waals surface area contributed by atoms with Crippen LogP contribution in [0.3, 0.4) is 0 Å². The number of benzene rings is 1. The number of carbonyl (C=O) groups is 1. The molecule has 0 radical (unpaired) electrons. The van der Waals surface area contributed by atoms with E-state index in [2.05, 4.69) is 6.92 Å². The van der Waals surface area contributed by atoms with Crippen molar-refractivity contribution in [2.45, 2.75) is 26.2 Å². The van der Waals surface area contributed by atoms with E-state index in [1.807, 2.05) is 36.4 Å². The standard InChI is InChI=1S/C15H17NOS2/c1-2-3-7-10-16-14(17)13(19-15(16)18)11-12-8-5-4-6-9-12/h4-6,8-9,11H,2-3,7,10H2,1H3. The van der Waals surface area contributed by atoms with Crippen LogP contribution in [0.4, 0.5) is 0 Å². The van der Waals surface area contributed by atoms with Crippen LogP contribution in [-0.2, 0) is 4.79 Å². The number of amides is 1. The van der Waals surface area contributed by atoms with Crippen LogP contribution < -0.4 is 0 Å². The lowest BCUT2D eigenvalue weighted by Gasteiger charge is -2.13. The first kappa shape index (κ1) is 14.3. The van der Waals surface area contributed by atoms with Gasteiger partial charge < -0.3 is 0 Å². The Labute approximate surface area is 123 Å². The molecule has 0 atom stereocenters. The highest BCUT2D eigenvalue weighted by molar-refractivity contribution is 8.26. The smallest absolute Gasteiger partial charge is 0.266 e. The summed E-state index contributed by atoms with van der Waals surface area (Å²) < 4.78 is 0.684. The van der Waals surface area contributed by atoms with Gasteiger partial charge in [0.15, 0.2) is 0 Å². The Morgan fingerprint density at radius 1 is 1.26 bits per heavy atom. The van der Waals surface area contributed by atoms with Crippen molar-refractivity contribution in [2.75, 3.05) is 6.54 Å². The molecule has 1 aliphatic heterocycles. The van der Waals surface area contributed by atoms with E-state index in [9.17, 15) is 4.79 Å². The van der Waals surface area contributed by atoms with Crippen LogP contribution in [-0.4, -0.2) is 21.7 Å². The highest BCUT2D eigenvalue weighted by Gasteiger charge is 2.31. The van der Waals surface area contributed by atoms with Crippen molar-refractivity contribution in [2.24, 2.45) is 0 Å². The van der Waals surface area contributed by atoms with Crippen molar-refractivity contribution >= 4 is 40.3 Å². The SMILES string of the molecule is CCCCCN1C(=O)C(=Cc2ccccc2)SC1=S. The van der Waals surface area contributed by atoms with E-state index in [1.54, 1.807) is 4.90 Å². The zero-order chi connectivity index (χ0) is 13.7. The van der Waals surface area contributed by atoms with Gasteiger partial charge in [0, 0.05) is 6.54 Å². The molecule has 1 amide bonds. The van der Waals surface area contributed by atoms with E-state index in [-0.39, 0.29) is 5.91 Å². The number of nitrogens with zero attached hydrogens (tertiary/aromatic N) is 1. The van der Waals surface area contributed by atoms with Crippen LogP contribution in [0.2, 0.25) is 0 Å². The molecule has 0 N–H and O–H groups in total. The molecule has 0 spiro atoms. The predicted octanol–water partition coefficient (Wildman–Crippen LogP) is 4.08. The lowest BCUT2D eigenvalue weighted by Crippen LogP contribution is -2.28. The summed E-state index contributed by atoms with van der Waals surface area (Å²) in [6.45, 7) is 2.89. The second-order valence-corrected chi connectivity index (χ2v) is 6.13. The summed E-state index contributed by atoms with van der Waals surface area (Å²) in [6.07, 6.45) is 5.21. The third-order valence-corrected chi connectivity index (χ3v) is 4.33. The van der Waals surface area contributed by atoms with Gasteiger partial charge in [0.05, 0.1) is 4.91 Å². The van der Waals surface area contributed by atoms with Crippen LogP contribution >= 0.6 is 24.0 Å². The van der Waals surface area contributed by atoms with Crippen molar-refractivity contribution in [3.63, 3.8) is 0 Å². The average molecular weight is 291 g/mol. The monoisotopic (exact) mass is 291 g/mol. The fourth-order valence-corrected chi connectivity index (χ4v) is 3.22. The molecule has 0 aliphatic carbocycles. The molecule has 4 heteroatoms. The molecule has 2 nitrogen and oxygen atoms in total. The second kappa shape index (κ2) is 6.87. The molecular weight excluding hydrogens is 274 g/mol. The van der Waals surface area contributed by atoms with E-state index in [4.69, 9.17) is 12.2 Å². The summed E-state index contributed by atoms with van der Waals surface area (Å²) in [7, 11) is 0. The largest absolute Gasteiger partial charge is 0.293 e. The highest BCUT2D eigenvalue weighted by Crippen LogP contribution is 2.32. The molecule has 0 unspecified atom stereocenters. The van der Waals surface area contributed by atoms with Crippen molar-refractivity contribution in [3.05, 3.63) is 40.8 Å². The van der Waals surface area contributed by atoms with Crippen molar-refractivity contribution in [3.8, 4) is 0 Å². The number of hydrogen-bond donors (Lipinski definition) is 0. The molecule has 1 aromatic rings. The van der Waals surface area contributed by atoms with E-state index >= 15 is 0 Å². The summed E-state index contributed by atoms with van der Waals surface area (Å²) >= 11 is 6.69. The summed E-state index contributed by atoms with van der Waals surface area (Å²) in [5.41, 5.74) is 1.04. The van der Waals surface area contributed by atoms with Crippen LogP contribution in [0.25, 0.3) is 6.08 Å². The molecular formula is C15H17NOS2. The number of hydrogen-bond acceptors (Lipinski definition) is 3. The molecule has 0 bridgehead atoms. The summed E-state index contributed by atoms with van der Waals surface area (Å²) in [6, 6.07) is 9.88. The molecule has 0 aromatic heterocycles. The predicted molar refractivity (Wildman–Crippen MR) is 85.8 cm³/mol. The van der Waals surface area contributed by atoms with Crippen LogP contribution in [0, 0.1) is 0 Å². The molecule has 1 fully saturated rings. The molecule has 0 saturated carbocycles. The zero-order valence-electron chi connectivity index (χ0n) is 11.0. The maximum absolute atomic E-state index is 12.3. The first-order valence-corrected chi connectivity index (χ1v) is 7.75.